The number of aromatic nitrogens is 2. The van der Waals surface area contributed by atoms with Crippen molar-refractivity contribution in [2.24, 2.45) is 0 Å². The summed E-state index contributed by atoms with van der Waals surface area (Å²) in [7, 11) is 2.13. The third-order valence-electron chi connectivity index (χ3n) is 4.05. The number of hydrogen-bond acceptors (Lipinski definition) is 2. The predicted octanol–water partition coefficient (Wildman–Crippen LogP) is 1.53. The predicted molar refractivity (Wildman–Crippen MR) is 91.7 cm³/mol. The zero-order chi connectivity index (χ0) is 16.4. The molecule has 2 aromatic heterocycles. The summed E-state index contributed by atoms with van der Waals surface area (Å²) in [5, 5.41) is 0. The summed E-state index contributed by atoms with van der Waals surface area (Å²) >= 11 is 0. The zero-order valence-electron chi connectivity index (χ0n) is 13.8. The van der Waals surface area contributed by atoms with E-state index in [0.29, 0.717) is 0 Å². The van der Waals surface area contributed by atoms with Crippen LogP contribution in [0.1, 0.15) is 22.4 Å². The van der Waals surface area contributed by atoms with Crippen molar-refractivity contribution in [1.82, 2.24) is 9.38 Å². The first-order valence-corrected chi connectivity index (χ1v) is 7.88. The fourth-order valence-corrected chi connectivity index (χ4v) is 2.83. The van der Waals surface area contributed by atoms with Crippen LogP contribution in [0.25, 0.3) is 5.65 Å². The number of aryl methyl sites for hydroxylation is 2. The second kappa shape index (κ2) is 6.34. The van der Waals surface area contributed by atoms with Gasteiger partial charge < -0.3 is 4.90 Å². The van der Waals surface area contributed by atoms with Gasteiger partial charge in [0.05, 0.1) is 7.05 Å². The Balaban J connectivity index is 1.82. The SMILES string of the molecule is Cc1ccc(C[NH+](C)Cc2cc(=O)n3cccc(C)c3n2)cc1. The van der Waals surface area contributed by atoms with E-state index in [4.69, 9.17) is 0 Å². The van der Waals surface area contributed by atoms with Crippen molar-refractivity contribution in [3.63, 3.8) is 0 Å². The summed E-state index contributed by atoms with van der Waals surface area (Å²) in [4.78, 5) is 18.2. The van der Waals surface area contributed by atoms with Gasteiger partial charge in [0.2, 0.25) is 0 Å². The minimum Gasteiger partial charge on any atom is -0.329 e. The molecule has 0 radical (unpaired) electrons. The van der Waals surface area contributed by atoms with Crippen LogP contribution in [0, 0.1) is 13.8 Å². The molecule has 0 aliphatic rings. The van der Waals surface area contributed by atoms with Crippen molar-refractivity contribution in [2.75, 3.05) is 7.05 Å². The Labute approximate surface area is 136 Å². The number of pyridine rings is 1. The summed E-state index contributed by atoms with van der Waals surface area (Å²) < 4.78 is 1.61. The maximum Gasteiger partial charge on any atom is 0.258 e. The average molecular weight is 308 g/mol. The first-order valence-electron chi connectivity index (χ1n) is 7.88. The van der Waals surface area contributed by atoms with Gasteiger partial charge in [-0.1, -0.05) is 35.9 Å². The fraction of sp³-hybridized carbons (Fsp3) is 0.263. The quantitative estimate of drug-likeness (QED) is 0.794. The largest absolute Gasteiger partial charge is 0.329 e. The third kappa shape index (κ3) is 3.48. The van der Waals surface area contributed by atoms with Gasteiger partial charge in [-0.25, -0.2) is 4.98 Å². The molecule has 23 heavy (non-hydrogen) atoms. The maximum atomic E-state index is 12.2. The summed E-state index contributed by atoms with van der Waals surface area (Å²) in [6.45, 7) is 5.71. The van der Waals surface area contributed by atoms with Crippen molar-refractivity contribution < 1.29 is 4.90 Å². The van der Waals surface area contributed by atoms with E-state index in [9.17, 15) is 4.79 Å². The molecular formula is C19H22N3O+. The maximum absolute atomic E-state index is 12.2. The molecule has 1 unspecified atom stereocenters. The molecule has 0 spiro atoms. The Morgan fingerprint density at radius 3 is 2.57 bits per heavy atom. The number of quaternary nitrogens is 1. The molecule has 1 aromatic carbocycles. The van der Waals surface area contributed by atoms with Crippen LogP contribution in [0.15, 0.2) is 53.5 Å². The van der Waals surface area contributed by atoms with E-state index in [0.717, 1.165) is 30.0 Å². The highest BCUT2D eigenvalue weighted by Crippen LogP contribution is 2.05. The molecule has 118 valence electrons. The average Bonchev–Trinajstić information content (AvgIpc) is 2.51. The van der Waals surface area contributed by atoms with Crippen molar-refractivity contribution in [2.45, 2.75) is 26.9 Å². The molecule has 4 nitrogen and oxygen atoms in total. The first kappa shape index (κ1) is 15.4. The Morgan fingerprint density at radius 2 is 1.83 bits per heavy atom. The van der Waals surface area contributed by atoms with Gasteiger partial charge in [-0.15, -0.1) is 0 Å². The molecule has 0 saturated carbocycles. The van der Waals surface area contributed by atoms with E-state index in [2.05, 4.69) is 43.2 Å². The fourth-order valence-electron chi connectivity index (χ4n) is 2.83. The van der Waals surface area contributed by atoms with E-state index in [1.54, 1.807) is 16.7 Å². The van der Waals surface area contributed by atoms with Crippen LogP contribution < -0.4 is 10.5 Å². The van der Waals surface area contributed by atoms with Crippen LogP contribution in [0.3, 0.4) is 0 Å². The monoisotopic (exact) mass is 308 g/mol. The van der Waals surface area contributed by atoms with Gasteiger partial charge in [0, 0.05) is 17.8 Å². The van der Waals surface area contributed by atoms with E-state index >= 15 is 0 Å². The molecule has 0 saturated heterocycles. The molecular weight excluding hydrogens is 286 g/mol. The normalized spacial score (nSPS) is 12.5. The lowest BCUT2D eigenvalue weighted by molar-refractivity contribution is -0.908. The van der Waals surface area contributed by atoms with Gasteiger partial charge >= 0.3 is 0 Å². The number of hydrogen-bond donors (Lipinski definition) is 1. The zero-order valence-corrected chi connectivity index (χ0v) is 13.8. The smallest absolute Gasteiger partial charge is 0.258 e. The van der Waals surface area contributed by atoms with Crippen LogP contribution in [-0.4, -0.2) is 16.4 Å². The lowest BCUT2D eigenvalue weighted by Crippen LogP contribution is -3.06. The summed E-state index contributed by atoms with van der Waals surface area (Å²) in [5.74, 6) is 0. The number of rotatable bonds is 4. The minimum atomic E-state index is -0.0168. The van der Waals surface area contributed by atoms with E-state index < -0.39 is 0 Å². The van der Waals surface area contributed by atoms with Crippen LogP contribution in [-0.2, 0) is 13.1 Å². The van der Waals surface area contributed by atoms with Gasteiger partial charge in [0.25, 0.3) is 5.56 Å². The number of nitrogens with one attached hydrogen (secondary N) is 1. The van der Waals surface area contributed by atoms with Crippen molar-refractivity contribution in [3.05, 3.63) is 81.4 Å². The van der Waals surface area contributed by atoms with Gasteiger partial charge in [-0.2, -0.15) is 0 Å². The van der Waals surface area contributed by atoms with Gasteiger partial charge in [0.1, 0.15) is 24.4 Å². The molecule has 0 fully saturated rings. The van der Waals surface area contributed by atoms with Crippen molar-refractivity contribution in [3.8, 4) is 0 Å². The topological polar surface area (TPSA) is 38.8 Å². The second-order valence-electron chi connectivity index (χ2n) is 6.27. The second-order valence-corrected chi connectivity index (χ2v) is 6.27. The number of fused-ring (bicyclic) bond motifs is 1. The van der Waals surface area contributed by atoms with Gasteiger partial charge in [-0.05, 0) is 25.5 Å². The molecule has 0 aliphatic carbocycles. The lowest BCUT2D eigenvalue weighted by Gasteiger charge is -2.14. The standard InChI is InChI=1S/C19H21N3O/c1-14-6-8-16(9-7-14)12-21(3)13-17-11-18(23)22-10-4-5-15(2)19(22)20-17/h4-11H,12-13H2,1-3H3/p+1. The number of nitrogens with zero attached hydrogens (tertiary/aromatic N) is 2. The Hall–Kier alpha value is -2.46. The third-order valence-corrected chi connectivity index (χ3v) is 4.05. The molecule has 0 aliphatic heterocycles. The van der Waals surface area contributed by atoms with Gasteiger partial charge in [0.15, 0.2) is 0 Å². The number of benzene rings is 1. The molecule has 2 heterocycles. The molecule has 3 rings (SSSR count). The van der Waals surface area contributed by atoms with E-state index in [1.165, 1.54) is 16.0 Å². The van der Waals surface area contributed by atoms with Crippen LogP contribution in [0.2, 0.25) is 0 Å². The molecule has 0 amide bonds. The minimum absolute atomic E-state index is 0.0168. The highest BCUT2D eigenvalue weighted by atomic mass is 16.1. The highest BCUT2D eigenvalue weighted by Gasteiger charge is 2.10. The molecule has 1 N–H and O–H groups in total. The molecule has 0 bridgehead atoms. The van der Waals surface area contributed by atoms with E-state index in [1.807, 2.05) is 19.1 Å². The Kier molecular flexibility index (Phi) is 4.26. The van der Waals surface area contributed by atoms with Crippen molar-refractivity contribution in [1.29, 1.82) is 0 Å². The molecule has 3 aromatic rings. The highest BCUT2D eigenvalue weighted by molar-refractivity contribution is 5.46. The Morgan fingerprint density at radius 1 is 1.09 bits per heavy atom. The lowest BCUT2D eigenvalue weighted by atomic mass is 10.1. The van der Waals surface area contributed by atoms with Gasteiger partial charge in [-0.3, -0.25) is 9.20 Å². The summed E-state index contributed by atoms with van der Waals surface area (Å²) in [5.41, 5.74) is 5.15. The van der Waals surface area contributed by atoms with Crippen LogP contribution >= 0.6 is 0 Å². The first-order chi connectivity index (χ1) is 11.0. The molecule has 4 heteroatoms. The van der Waals surface area contributed by atoms with Crippen LogP contribution in [0.5, 0.6) is 0 Å². The molecule has 1 atom stereocenters. The Bertz CT molecular complexity index is 881. The summed E-state index contributed by atoms with van der Waals surface area (Å²) in [6.07, 6.45) is 1.77. The van der Waals surface area contributed by atoms with E-state index in [-0.39, 0.29) is 5.56 Å². The summed E-state index contributed by atoms with van der Waals surface area (Å²) in [6, 6.07) is 14.1. The van der Waals surface area contributed by atoms with Crippen molar-refractivity contribution >= 4 is 5.65 Å². The van der Waals surface area contributed by atoms with Crippen LogP contribution in [0.4, 0.5) is 0 Å².